The van der Waals surface area contributed by atoms with E-state index >= 15 is 0 Å². The molecule has 2 nitrogen and oxygen atoms in total. The van der Waals surface area contributed by atoms with Gasteiger partial charge in [-0.1, -0.05) is 56.3 Å². The second-order valence-electron chi connectivity index (χ2n) is 5.51. The average Bonchev–Trinajstić information content (AvgIpc) is 2.43. The lowest BCUT2D eigenvalue weighted by atomic mass is 9.96. The summed E-state index contributed by atoms with van der Waals surface area (Å²) in [4.78, 5) is 0. The second-order valence-corrected chi connectivity index (χ2v) is 5.51. The summed E-state index contributed by atoms with van der Waals surface area (Å²) >= 11 is 0. The molecule has 2 rings (SSSR count). The van der Waals surface area contributed by atoms with Gasteiger partial charge in [0, 0.05) is 6.54 Å². The van der Waals surface area contributed by atoms with Crippen molar-refractivity contribution < 1.29 is 0 Å². The molecule has 0 aliphatic carbocycles. The van der Waals surface area contributed by atoms with Crippen LogP contribution in [-0.4, -0.2) is 13.1 Å². The minimum absolute atomic E-state index is 0.551. The molecule has 1 unspecified atom stereocenters. The molecule has 0 fully saturated rings. The first-order valence-corrected chi connectivity index (χ1v) is 7.09. The summed E-state index contributed by atoms with van der Waals surface area (Å²) < 4.78 is 0. The van der Waals surface area contributed by atoms with Crippen LogP contribution in [0.3, 0.4) is 0 Å². The zero-order valence-electron chi connectivity index (χ0n) is 11.9. The normalized spacial score (nSPS) is 13.1. The molecule has 0 heterocycles. The Bertz CT molecular complexity index is 514. The summed E-state index contributed by atoms with van der Waals surface area (Å²) in [6.45, 7) is 7.11. The van der Waals surface area contributed by atoms with Gasteiger partial charge < -0.3 is 11.1 Å². The number of nitrogens with one attached hydrogen (secondary N) is 1. The van der Waals surface area contributed by atoms with Crippen molar-refractivity contribution >= 4 is 10.8 Å². The number of hydrogen-bond acceptors (Lipinski definition) is 2. The number of fused-ring (bicyclic) bond motifs is 1. The minimum atomic E-state index is 0.551. The Kier molecular flexibility index (Phi) is 4.94. The van der Waals surface area contributed by atoms with Crippen LogP contribution < -0.4 is 11.1 Å². The van der Waals surface area contributed by atoms with Crippen LogP contribution >= 0.6 is 0 Å². The summed E-state index contributed by atoms with van der Waals surface area (Å²) in [7, 11) is 0. The van der Waals surface area contributed by atoms with Gasteiger partial charge in [-0.3, -0.25) is 0 Å². The maximum Gasteiger partial charge on any atom is 0.0211 e. The summed E-state index contributed by atoms with van der Waals surface area (Å²) in [6.07, 6.45) is 0. The van der Waals surface area contributed by atoms with Crippen LogP contribution in [0.15, 0.2) is 42.5 Å². The Balaban J connectivity index is 2.02. The molecular formula is C17H24N2. The number of benzene rings is 2. The summed E-state index contributed by atoms with van der Waals surface area (Å²) in [6, 6.07) is 15.0. The molecular weight excluding hydrogens is 232 g/mol. The molecule has 0 radical (unpaired) electrons. The Morgan fingerprint density at radius 3 is 2.53 bits per heavy atom. The highest BCUT2D eigenvalue weighted by molar-refractivity contribution is 5.85. The van der Waals surface area contributed by atoms with Crippen molar-refractivity contribution in [3.63, 3.8) is 0 Å². The average molecular weight is 256 g/mol. The van der Waals surface area contributed by atoms with Crippen molar-refractivity contribution in [1.82, 2.24) is 5.32 Å². The van der Waals surface area contributed by atoms with E-state index < -0.39 is 0 Å². The van der Waals surface area contributed by atoms with E-state index in [0.29, 0.717) is 11.8 Å². The third-order valence-corrected chi connectivity index (χ3v) is 3.85. The molecule has 2 aromatic carbocycles. The molecule has 0 bridgehead atoms. The Morgan fingerprint density at radius 1 is 1.05 bits per heavy atom. The highest BCUT2D eigenvalue weighted by atomic mass is 14.9. The van der Waals surface area contributed by atoms with Gasteiger partial charge in [-0.2, -0.15) is 0 Å². The molecule has 0 saturated heterocycles. The Morgan fingerprint density at radius 2 is 1.79 bits per heavy atom. The van der Waals surface area contributed by atoms with E-state index in [9.17, 15) is 0 Å². The van der Waals surface area contributed by atoms with Crippen LogP contribution in [0.1, 0.15) is 19.4 Å². The second kappa shape index (κ2) is 6.69. The topological polar surface area (TPSA) is 38.0 Å². The fraction of sp³-hybridized carbons (Fsp3) is 0.412. The van der Waals surface area contributed by atoms with Gasteiger partial charge in [-0.15, -0.1) is 0 Å². The fourth-order valence-electron chi connectivity index (χ4n) is 2.43. The van der Waals surface area contributed by atoms with Crippen LogP contribution in [0.4, 0.5) is 0 Å². The van der Waals surface area contributed by atoms with E-state index in [1.807, 2.05) is 0 Å². The van der Waals surface area contributed by atoms with Crippen LogP contribution in [0.5, 0.6) is 0 Å². The Hall–Kier alpha value is -1.38. The van der Waals surface area contributed by atoms with Gasteiger partial charge in [0.2, 0.25) is 0 Å². The molecule has 0 amide bonds. The van der Waals surface area contributed by atoms with E-state index in [1.54, 1.807) is 0 Å². The van der Waals surface area contributed by atoms with Crippen molar-refractivity contribution in [2.24, 2.45) is 17.6 Å². The van der Waals surface area contributed by atoms with Crippen LogP contribution in [0.2, 0.25) is 0 Å². The molecule has 102 valence electrons. The van der Waals surface area contributed by atoms with Gasteiger partial charge in [0.05, 0.1) is 0 Å². The monoisotopic (exact) mass is 256 g/mol. The van der Waals surface area contributed by atoms with Crippen LogP contribution in [0, 0.1) is 11.8 Å². The minimum Gasteiger partial charge on any atom is -0.330 e. The van der Waals surface area contributed by atoms with E-state index in [1.165, 1.54) is 16.3 Å². The lowest BCUT2D eigenvalue weighted by Crippen LogP contribution is -2.31. The van der Waals surface area contributed by atoms with E-state index in [0.717, 1.165) is 19.6 Å². The van der Waals surface area contributed by atoms with Crippen LogP contribution in [-0.2, 0) is 6.54 Å². The zero-order chi connectivity index (χ0) is 13.7. The largest absolute Gasteiger partial charge is 0.330 e. The SMILES string of the molecule is CC(C)C(CN)CNCc1cccc2ccccc12. The first-order chi connectivity index (χ1) is 9.22. The molecule has 1 atom stereocenters. The first-order valence-electron chi connectivity index (χ1n) is 7.09. The molecule has 3 N–H and O–H groups in total. The summed E-state index contributed by atoms with van der Waals surface area (Å²) in [5, 5.41) is 6.19. The summed E-state index contributed by atoms with van der Waals surface area (Å²) in [5.41, 5.74) is 7.16. The van der Waals surface area contributed by atoms with Crippen LogP contribution in [0.25, 0.3) is 10.8 Å². The highest BCUT2D eigenvalue weighted by Crippen LogP contribution is 2.18. The lowest BCUT2D eigenvalue weighted by Gasteiger charge is -2.19. The van der Waals surface area contributed by atoms with Crippen molar-refractivity contribution in [2.75, 3.05) is 13.1 Å². The van der Waals surface area contributed by atoms with Gasteiger partial charge in [-0.05, 0) is 41.3 Å². The molecule has 2 heteroatoms. The third-order valence-electron chi connectivity index (χ3n) is 3.85. The molecule has 0 saturated carbocycles. The predicted octanol–water partition coefficient (Wildman–Crippen LogP) is 3.16. The van der Waals surface area contributed by atoms with Gasteiger partial charge in [0.15, 0.2) is 0 Å². The number of rotatable bonds is 6. The van der Waals surface area contributed by atoms with Crippen molar-refractivity contribution in [2.45, 2.75) is 20.4 Å². The van der Waals surface area contributed by atoms with Gasteiger partial charge in [-0.25, -0.2) is 0 Å². The predicted molar refractivity (Wildman–Crippen MR) is 83.0 cm³/mol. The molecule has 0 aliphatic rings. The van der Waals surface area contributed by atoms with Crippen molar-refractivity contribution in [3.05, 3.63) is 48.0 Å². The quantitative estimate of drug-likeness (QED) is 0.833. The summed E-state index contributed by atoms with van der Waals surface area (Å²) in [5.74, 6) is 1.18. The molecule has 0 aliphatic heterocycles. The maximum absolute atomic E-state index is 5.80. The first kappa shape index (κ1) is 14.0. The van der Waals surface area contributed by atoms with Crippen molar-refractivity contribution in [3.8, 4) is 0 Å². The Labute approximate surface area is 116 Å². The zero-order valence-corrected chi connectivity index (χ0v) is 11.9. The standard InChI is InChI=1S/C17H24N2/c1-13(2)16(10-18)12-19-11-15-8-5-7-14-6-3-4-9-17(14)15/h3-9,13,16,19H,10-12,18H2,1-2H3. The fourth-order valence-corrected chi connectivity index (χ4v) is 2.43. The molecule has 0 aromatic heterocycles. The third kappa shape index (κ3) is 3.55. The van der Waals surface area contributed by atoms with E-state index in [4.69, 9.17) is 5.73 Å². The molecule has 2 aromatic rings. The van der Waals surface area contributed by atoms with Gasteiger partial charge >= 0.3 is 0 Å². The lowest BCUT2D eigenvalue weighted by molar-refractivity contribution is 0.371. The highest BCUT2D eigenvalue weighted by Gasteiger charge is 2.10. The molecule has 0 spiro atoms. The van der Waals surface area contributed by atoms with Gasteiger partial charge in [0.25, 0.3) is 0 Å². The maximum atomic E-state index is 5.80. The van der Waals surface area contributed by atoms with Crippen molar-refractivity contribution in [1.29, 1.82) is 0 Å². The number of hydrogen-bond donors (Lipinski definition) is 2. The van der Waals surface area contributed by atoms with E-state index in [-0.39, 0.29) is 0 Å². The van der Waals surface area contributed by atoms with E-state index in [2.05, 4.69) is 61.6 Å². The number of nitrogens with two attached hydrogens (primary N) is 1. The molecule has 19 heavy (non-hydrogen) atoms. The van der Waals surface area contributed by atoms with Gasteiger partial charge in [0.1, 0.15) is 0 Å². The smallest absolute Gasteiger partial charge is 0.0211 e.